The van der Waals surface area contributed by atoms with Gasteiger partial charge in [0.2, 0.25) is 0 Å². The van der Waals surface area contributed by atoms with Crippen LogP contribution in [0.15, 0.2) is 243 Å². The Labute approximate surface area is 839 Å². The molecule has 10 aromatic carbocycles. The number of anilines is 1. The van der Waals surface area contributed by atoms with Gasteiger partial charge in [-0.15, -0.1) is 0 Å². The van der Waals surface area contributed by atoms with Gasteiger partial charge < -0.3 is 34.7 Å². The van der Waals surface area contributed by atoms with Crippen molar-refractivity contribution >= 4 is 244 Å². The Morgan fingerprint density at radius 2 is 0.723 bits per heavy atom. The van der Waals surface area contributed by atoms with Crippen LogP contribution < -0.4 is 5.73 Å². The zero-order valence-corrected chi connectivity index (χ0v) is 88.9. The van der Waals surface area contributed by atoms with E-state index < -0.39 is 54.2 Å². The van der Waals surface area contributed by atoms with Gasteiger partial charge in [0, 0.05) is 149 Å². The lowest BCUT2D eigenvalue weighted by atomic mass is 9.91. The molecule has 6 aromatic heterocycles. The number of nitrogens with zero attached hydrogens (tertiary/aromatic N) is 14. The van der Waals surface area contributed by atoms with E-state index in [1.165, 1.54) is 57.6 Å². The highest BCUT2D eigenvalue weighted by atomic mass is 127. The number of nitrogens with one attached hydrogen (secondary N) is 2. The number of non-ortho nitro benzene ring substituents is 4. The summed E-state index contributed by atoms with van der Waals surface area (Å²) in [7, 11) is -5.81. The van der Waals surface area contributed by atoms with Crippen molar-refractivity contribution in [1.29, 1.82) is 0 Å². The van der Waals surface area contributed by atoms with E-state index in [0.717, 1.165) is 127 Å². The second kappa shape index (κ2) is 51.6. The number of rotatable bonds is 32. The fourth-order valence-corrected chi connectivity index (χ4v) is 17.7. The van der Waals surface area contributed by atoms with Crippen molar-refractivity contribution in [2.75, 3.05) is 32.2 Å². The van der Waals surface area contributed by atoms with Crippen molar-refractivity contribution in [2.24, 2.45) is 0 Å². The Morgan fingerprint density at radius 1 is 0.387 bits per heavy atom. The van der Waals surface area contributed by atoms with Crippen LogP contribution in [0, 0.1) is 51.4 Å². The molecule has 0 radical (unpaired) electrons. The summed E-state index contributed by atoms with van der Waals surface area (Å²) >= 11 is 6.57. The zero-order chi connectivity index (χ0) is 99.0. The lowest BCUT2D eigenvalue weighted by Crippen LogP contribution is -2.22. The first-order valence-corrected chi connectivity index (χ1v) is 62.1. The number of nitro benzene ring substituents is 4. The molecule has 0 aliphatic rings. The lowest BCUT2D eigenvalue weighted by molar-refractivity contribution is -0.384. The second-order valence-corrected chi connectivity index (χ2v) is 62.3. The van der Waals surface area contributed by atoms with Crippen LogP contribution in [0.4, 0.5) is 28.4 Å². The maximum Gasteiger partial charge on any atom is 0.480 e. The first kappa shape index (κ1) is 107. The van der Waals surface area contributed by atoms with Crippen LogP contribution in [0.25, 0.3) is 108 Å². The maximum atomic E-state index is 11.2. The predicted molar refractivity (Wildman–Crippen MR) is 588 cm³/mol. The van der Waals surface area contributed by atoms with Crippen molar-refractivity contribution in [3.8, 4) is 0 Å². The normalized spacial score (nSPS) is 11.7. The predicted octanol–water partition coefficient (Wildman–Crippen LogP) is 24.8. The van der Waals surface area contributed by atoms with Crippen LogP contribution in [-0.2, 0) is 45.9 Å². The summed E-state index contributed by atoms with van der Waals surface area (Å²) in [5.74, 6) is 1.31. The molecule has 0 unspecified atom stereocenters. The number of aromatic amines is 2. The number of nitro groups is 4. The third kappa shape index (κ3) is 35.3. The number of hydrogen-bond acceptors (Lipinski definition) is 21. The number of aromatic nitrogens is 12. The molecule has 0 fully saturated rings. The van der Waals surface area contributed by atoms with Crippen LogP contribution in [0.2, 0.25) is 103 Å². The summed E-state index contributed by atoms with van der Waals surface area (Å²) in [4.78, 5) is 41.2. The minimum atomic E-state index is -1.37. The minimum Gasteiger partial charge on any atom is -0.424 e. The summed E-state index contributed by atoms with van der Waals surface area (Å²) in [6.45, 7) is 32.5. The Hall–Kier alpha value is -11.7. The smallest absolute Gasteiger partial charge is 0.424 e. The van der Waals surface area contributed by atoms with Gasteiger partial charge in [-0.25, -0.2) is 18.7 Å². The van der Waals surface area contributed by atoms with E-state index in [-0.39, 0.29) is 34.4 Å². The van der Waals surface area contributed by atoms with Crippen LogP contribution in [0.1, 0.15) is 39.3 Å². The quantitative estimate of drug-likeness (QED) is 0.00653. The van der Waals surface area contributed by atoms with Crippen LogP contribution in [0.3, 0.4) is 0 Å². The lowest BCUT2D eigenvalue weighted by Gasteiger charge is -2.15. The topological polar surface area (TPSA) is 405 Å². The molecule has 137 heavy (non-hydrogen) atoms. The molecule has 0 saturated heterocycles. The average Bonchev–Trinajstić information content (AvgIpc) is 1.67. The molecule has 0 saturated carbocycles. The van der Waals surface area contributed by atoms with E-state index in [1.807, 2.05) is 143 Å². The Bertz CT molecular complexity index is 6670. The van der Waals surface area contributed by atoms with Crippen molar-refractivity contribution in [3.05, 3.63) is 333 Å². The monoisotopic (exact) mass is 2260 g/mol. The zero-order valence-electron chi connectivity index (χ0n) is 78.5. The van der Waals surface area contributed by atoms with Gasteiger partial charge in [-0.3, -0.25) is 50.7 Å². The summed E-state index contributed by atoms with van der Waals surface area (Å²) in [6, 6.07) is 75.6. The summed E-state index contributed by atoms with van der Waals surface area (Å²) in [5.41, 5.74) is 18.9. The number of H-pyrrole nitrogens is 2. The van der Waals surface area contributed by atoms with E-state index >= 15 is 0 Å². The highest BCUT2D eigenvalue weighted by Crippen LogP contribution is 2.31. The molecule has 714 valence electrons. The summed E-state index contributed by atoms with van der Waals surface area (Å²) in [5, 5.41) is 97.2. The van der Waals surface area contributed by atoms with E-state index in [4.69, 9.17) is 44.9 Å². The van der Waals surface area contributed by atoms with E-state index in [2.05, 4.69) is 238 Å². The van der Waals surface area contributed by atoms with E-state index in [1.54, 1.807) is 58.0 Å². The van der Waals surface area contributed by atoms with Crippen molar-refractivity contribution in [1.82, 2.24) is 59.5 Å². The molecule has 16 rings (SSSR count). The van der Waals surface area contributed by atoms with Gasteiger partial charge in [0.05, 0.1) is 70.6 Å². The molecule has 6 N–H and O–H groups in total. The Kier molecular flexibility index (Phi) is 40.4. The number of halogens is 3. The minimum absolute atomic E-state index is 0.0503. The third-order valence-corrected chi connectivity index (χ3v) is 29.7. The standard InChI is InChI=1S/C21H25IN2OSi.C21H25N3O3Si.C21H27N3OSi.C13H18IN3O3Si.C8H9BO2.C7H4IN3O2.C7H5N3O2/c1-26(2,3)14-13-25-16-24-21-15-18(22)10-11-19(21)20(23-24)12-9-17-7-5-4-6-8-17;1-28(2,3)14-13-27-16-23-21-15-18(24(25)26)10-11-19(21)20(22-23)12-9-17-7-5-4-6-8-17;1-26(2,3)14-13-25-16-24-21-15-18(22)10-11-19(21)20(23-24)12-9-17-7-5-4-6-8-17;1-21(2,3)7-6-20-9-16-12-8-10(17(18)19)4-5-11(12)13(14)15-16;10-9(11)7-6-8-4-2-1-3-5-8;8-7-5-2-1-4(11(12)13)3-6(5)9-10-7;11-10(12)6-2-1-5-4-8-9-7(5)3-6/h4-12,15H,13-14,16H2,1-3H3;4-12,15H,13-14,16H2,1-3H3;4-12,15H,13-14,16,22H2,1-3H3;4-5,8H,6-7,9H2,1-3H3;1-7,10-11H;1-3H,(H,9,10);1-4H,(H,8,9)/b3*12-9+;;7-6+;;. The molecular formula is C98H113BI3N17O14Si4. The van der Waals surface area contributed by atoms with Gasteiger partial charge in [-0.2, -0.15) is 30.6 Å². The molecule has 0 spiro atoms. The second-order valence-electron chi connectivity index (χ2n) is 36.5. The number of ether oxygens (including phenoxy) is 4. The molecule has 0 aliphatic carbocycles. The van der Waals surface area contributed by atoms with Gasteiger partial charge in [-0.1, -0.05) is 230 Å². The molecular weight excluding hydrogens is 2140 g/mol. The van der Waals surface area contributed by atoms with Crippen LogP contribution in [-0.4, -0.2) is 155 Å². The number of hydrogen-bond donors (Lipinski definition) is 5. The SMILES string of the molecule is C[Si](C)(C)CCOCn1nc(/C=C/c2ccccc2)c2ccc(I)cc21.C[Si](C)(C)CCOCn1nc(/C=C/c2ccccc2)c2ccc(N)cc21.C[Si](C)(C)CCOCn1nc(/C=C/c2ccccc2)c2ccc([N+](=O)[O-])cc21.C[Si](C)(C)CCOCn1nc(I)c2ccc([N+](=O)[O-])cc21.O=[N+]([O-])c1ccc2c(I)[nH]nc2c1.O=[N+]([O-])c1ccc2cn[nH]c2c1.OB(O)/C=C/c1ccccc1. The van der Waals surface area contributed by atoms with E-state index in [0.29, 0.717) is 50.0 Å². The van der Waals surface area contributed by atoms with Crippen LogP contribution in [0.5, 0.6) is 0 Å². The van der Waals surface area contributed by atoms with Crippen molar-refractivity contribution in [3.63, 3.8) is 0 Å². The first-order chi connectivity index (χ1) is 65.2. The number of nitrogens with two attached hydrogens (primary N) is 1. The molecule has 31 nitrogen and oxygen atoms in total. The average molecular weight is 2260 g/mol. The largest absolute Gasteiger partial charge is 0.480 e. The summed E-state index contributed by atoms with van der Waals surface area (Å²) < 4.78 is 33.5. The number of fused-ring (bicyclic) bond motifs is 6. The van der Waals surface area contributed by atoms with E-state index in [9.17, 15) is 40.5 Å². The summed E-state index contributed by atoms with van der Waals surface area (Å²) in [6.07, 6.45) is 15.5. The van der Waals surface area contributed by atoms with Gasteiger partial charge >= 0.3 is 7.12 Å². The molecule has 0 amide bonds. The Balaban J connectivity index is 0.000000169. The number of benzene rings is 10. The van der Waals surface area contributed by atoms with Crippen LogP contribution >= 0.6 is 67.8 Å². The van der Waals surface area contributed by atoms with Gasteiger partial charge in [0.1, 0.15) is 39.8 Å². The number of nitrogen functional groups attached to an aromatic ring is 1. The highest BCUT2D eigenvalue weighted by Gasteiger charge is 2.22. The molecule has 0 aliphatic heterocycles. The highest BCUT2D eigenvalue weighted by molar-refractivity contribution is 14.1. The fourth-order valence-electron chi connectivity index (χ4n) is 12.9. The fraction of sp³-hybridized carbons (Fsp3) is 0.245. The third-order valence-electron chi connectivity index (χ3n) is 20.6. The van der Waals surface area contributed by atoms with Crippen molar-refractivity contribution in [2.45, 2.75) is 130 Å². The molecule has 0 atom stereocenters. The van der Waals surface area contributed by atoms with Crippen molar-refractivity contribution < 1.29 is 48.7 Å². The molecule has 6 heterocycles. The van der Waals surface area contributed by atoms with Gasteiger partial charge in [0.25, 0.3) is 22.7 Å². The molecule has 39 heteroatoms. The molecule has 16 aromatic rings. The van der Waals surface area contributed by atoms with Gasteiger partial charge in [-0.05, 0) is 193 Å². The molecule has 0 bridgehead atoms. The first-order valence-electron chi connectivity index (χ1n) is 44.0. The van der Waals surface area contributed by atoms with Gasteiger partial charge in [0.15, 0.2) is 0 Å². The maximum absolute atomic E-state index is 11.2. The Morgan fingerprint density at radius 3 is 1.12 bits per heavy atom.